The predicted octanol–water partition coefficient (Wildman–Crippen LogP) is 2.15. The summed E-state index contributed by atoms with van der Waals surface area (Å²) in [5, 5.41) is 13.0. The minimum absolute atomic E-state index is 0.332. The molecule has 5 heteroatoms. The largest absolute Gasteiger partial charge is 0.493 e. The van der Waals surface area contributed by atoms with Gasteiger partial charge in [0.1, 0.15) is 0 Å². The summed E-state index contributed by atoms with van der Waals surface area (Å²) < 4.78 is 15.8. The molecule has 2 N–H and O–H groups in total. The molecule has 0 aliphatic carbocycles. The lowest BCUT2D eigenvalue weighted by atomic mass is 10.2. The van der Waals surface area contributed by atoms with Crippen LogP contribution in [0.5, 0.6) is 11.5 Å². The molecular weight excluding hydrogens is 258 g/mol. The highest BCUT2D eigenvalue weighted by atomic mass is 16.5. The van der Waals surface area contributed by atoms with Crippen molar-refractivity contribution in [2.45, 2.75) is 20.0 Å². The maximum Gasteiger partial charge on any atom is 0.162 e. The van der Waals surface area contributed by atoms with E-state index in [4.69, 9.17) is 14.2 Å². The zero-order chi connectivity index (χ0) is 15.0. The van der Waals surface area contributed by atoms with Gasteiger partial charge < -0.3 is 24.6 Å². The zero-order valence-corrected chi connectivity index (χ0v) is 12.7. The summed E-state index contributed by atoms with van der Waals surface area (Å²) in [4.78, 5) is 0. The van der Waals surface area contributed by atoms with E-state index in [0.29, 0.717) is 37.2 Å². The normalized spacial score (nSPS) is 12.3. The molecule has 0 fully saturated rings. The molecule has 1 aromatic carbocycles. The molecule has 1 aromatic rings. The third-order valence-electron chi connectivity index (χ3n) is 2.69. The number of aliphatic hydroxyl groups excluding tert-OH is 1. The Kier molecular flexibility index (Phi) is 7.18. The van der Waals surface area contributed by atoms with Crippen LogP contribution in [0.15, 0.2) is 18.2 Å². The molecule has 20 heavy (non-hydrogen) atoms. The average Bonchev–Trinajstić information content (AvgIpc) is 2.44. The minimum Gasteiger partial charge on any atom is -0.493 e. The van der Waals surface area contributed by atoms with Gasteiger partial charge in [0.15, 0.2) is 11.5 Å². The van der Waals surface area contributed by atoms with E-state index in [1.54, 1.807) is 14.2 Å². The summed E-state index contributed by atoms with van der Waals surface area (Å²) in [7, 11) is 3.19. The van der Waals surface area contributed by atoms with Crippen LogP contribution in [0.2, 0.25) is 0 Å². The number of ether oxygens (including phenoxy) is 3. The summed E-state index contributed by atoms with van der Waals surface area (Å²) in [5.41, 5.74) is 0.866. The number of nitrogens with one attached hydrogen (secondary N) is 1. The molecule has 0 spiro atoms. The number of rotatable bonds is 9. The number of methoxy groups -OCH3 is 2. The van der Waals surface area contributed by atoms with Gasteiger partial charge in [-0.3, -0.25) is 0 Å². The highest BCUT2D eigenvalue weighted by Crippen LogP contribution is 2.29. The van der Waals surface area contributed by atoms with Gasteiger partial charge in [0.05, 0.1) is 26.9 Å². The molecule has 0 heterocycles. The Morgan fingerprint density at radius 2 is 1.80 bits per heavy atom. The summed E-state index contributed by atoms with van der Waals surface area (Å²) in [5.74, 6) is 1.81. The monoisotopic (exact) mass is 283 g/mol. The molecule has 0 saturated heterocycles. The lowest BCUT2D eigenvalue weighted by molar-refractivity contribution is 0.0318. The Morgan fingerprint density at radius 1 is 1.10 bits per heavy atom. The molecule has 0 radical (unpaired) electrons. The first kappa shape index (κ1) is 16.6. The van der Waals surface area contributed by atoms with Gasteiger partial charge in [-0.2, -0.15) is 0 Å². The SMILES string of the molecule is COc1ccc(NCC(O)COCC(C)C)cc1OC. The molecule has 0 saturated carbocycles. The second-order valence-corrected chi connectivity index (χ2v) is 5.04. The number of hydrogen-bond acceptors (Lipinski definition) is 5. The van der Waals surface area contributed by atoms with Gasteiger partial charge in [-0.05, 0) is 18.1 Å². The van der Waals surface area contributed by atoms with Crippen molar-refractivity contribution in [3.63, 3.8) is 0 Å². The molecule has 0 aliphatic rings. The van der Waals surface area contributed by atoms with Gasteiger partial charge >= 0.3 is 0 Å². The van der Waals surface area contributed by atoms with Crippen LogP contribution in [0.3, 0.4) is 0 Å². The van der Waals surface area contributed by atoms with Crippen LogP contribution in [-0.2, 0) is 4.74 Å². The van der Waals surface area contributed by atoms with Gasteiger partial charge in [-0.15, -0.1) is 0 Å². The number of anilines is 1. The lowest BCUT2D eigenvalue weighted by Gasteiger charge is -2.15. The van der Waals surface area contributed by atoms with E-state index in [-0.39, 0.29) is 0 Å². The van der Waals surface area contributed by atoms with Gasteiger partial charge in [0.2, 0.25) is 0 Å². The molecule has 0 bridgehead atoms. The van der Waals surface area contributed by atoms with E-state index in [1.807, 2.05) is 18.2 Å². The van der Waals surface area contributed by atoms with Gasteiger partial charge in [-0.25, -0.2) is 0 Å². The second kappa shape index (κ2) is 8.66. The quantitative estimate of drug-likeness (QED) is 0.727. The standard InChI is InChI=1S/C15H25NO4/c1-11(2)9-20-10-13(17)8-16-12-5-6-14(18-3)15(7-12)19-4/h5-7,11,13,16-17H,8-10H2,1-4H3. The Balaban J connectivity index is 2.41. The molecule has 114 valence electrons. The van der Waals surface area contributed by atoms with Crippen molar-refractivity contribution in [2.24, 2.45) is 5.92 Å². The fraction of sp³-hybridized carbons (Fsp3) is 0.600. The fourth-order valence-electron chi connectivity index (χ4n) is 1.68. The summed E-state index contributed by atoms with van der Waals surface area (Å²) in [6, 6.07) is 5.53. The molecule has 1 atom stereocenters. The van der Waals surface area contributed by atoms with Crippen molar-refractivity contribution >= 4 is 5.69 Å². The maximum absolute atomic E-state index is 9.81. The highest BCUT2D eigenvalue weighted by molar-refractivity contribution is 5.54. The van der Waals surface area contributed by atoms with Crippen molar-refractivity contribution in [3.05, 3.63) is 18.2 Å². The summed E-state index contributed by atoms with van der Waals surface area (Å²) in [6.45, 7) is 5.57. The Labute approximate surface area is 120 Å². The average molecular weight is 283 g/mol. The molecule has 5 nitrogen and oxygen atoms in total. The van der Waals surface area contributed by atoms with Crippen molar-refractivity contribution in [1.82, 2.24) is 0 Å². The molecular formula is C15H25NO4. The van der Waals surface area contributed by atoms with Crippen molar-refractivity contribution in [3.8, 4) is 11.5 Å². The Bertz CT molecular complexity index is 395. The lowest BCUT2D eigenvalue weighted by Crippen LogP contribution is -2.25. The maximum atomic E-state index is 9.81. The van der Waals surface area contributed by atoms with E-state index in [9.17, 15) is 5.11 Å². The van der Waals surface area contributed by atoms with Crippen LogP contribution in [0.1, 0.15) is 13.8 Å². The van der Waals surface area contributed by atoms with Gasteiger partial charge in [0.25, 0.3) is 0 Å². The molecule has 1 unspecified atom stereocenters. The van der Waals surface area contributed by atoms with Crippen LogP contribution in [0.25, 0.3) is 0 Å². The minimum atomic E-state index is -0.540. The first-order valence-electron chi connectivity index (χ1n) is 6.78. The van der Waals surface area contributed by atoms with Gasteiger partial charge in [0, 0.05) is 24.9 Å². The predicted molar refractivity (Wildman–Crippen MR) is 79.7 cm³/mol. The smallest absolute Gasteiger partial charge is 0.162 e. The third-order valence-corrected chi connectivity index (χ3v) is 2.69. The van der Waals surface area contributed by atoms with E-state index < -0.39 is 6.10 Å². The zero-order valence-electron chi connectivity index (χ0n) is 12.7. The number of hydrogen-bond donors (Lipinski definition) is 2. The number of benzene rings is 1. The van der Waals surface area contributed by atoms with Crippen LogP contribution < -0.4 is 14.8 Å². The van der Waals surface area contributed by atoms with Crippen LogP contribution in [0, 0.1) is 5.92 Å². The highest BCUT2D eigenvalue weighted by Gasteiger charge is 2.07. The topological polar surface area (TPSA) is 60.0 Å². The van der Waals surface area contributed by atoms with Crippen molar-refractivity contribution in [1.29, 1.82) is 0 Å². The number of aliphatic hydroxyl groups is 1. The Morgan fingerprint density at radius 3 is 2.40 bits per heavy atom. The van der Waals surface area contributed by atoms with E-state index >= 15 is 0 Å². The van der Waals surface area contributed by atoms with Crippen molar-refractivity contribution < 1.29 is 19.3 Å². The Hall–Kier alpha value is -1.46. The molecule has 0 aliphatic heterocycles. The molecule has 1 rings (SSSR count). The van der Waals surface area contributed by atoms with Crippen LogP contribution in [0.4, 0.5) is 5.69 Å². The first-order valence-corrected chi connectivity index (χ1v) is 6.78. The summed E-state index contributed by atoms with van der Waals surface area (Å²) in [6.07, 6.45) is -0.540. The van der Waals surface area contributed by atoms with E-state index in [2.05, 4.69) is 19.2 Å². The van der Waals surface area contributed by atoms with Crippen LogP contribution >= 0.6 is 0 Å². The second-order valence-electron chi connectivity index (χ2n) is 5.04. The first-order chi connectivity index (χ1) is 9.56. The van der Waals surface area contributed by atoms with Crippen LogP contribution in [-0.4, -0.2) is 45.2 Å². The fourth-order valence-corrected chi connectivity index (χ4v) is 1.68. The third kappa shape index (κ3) is 5.67. The van der Waals surface area contributed by atoms with Crippen molar-refractivity contribution in [2.75, 3.05) is 39.3 Å². The van der Waals surface area contributed by atoms with E-state index in [1.165, 1.54) is 0 Å². The molecule has 0 amide bonds. The molecule has 0 aromatic heterocycles. The van der Waals surface area contributed by atoms with E-state index in [0.717, 1.165) is 5.69 Å². The van der Waals surface area contributed by atoms with Gasteiger partial charge in [-0.1, -0.05) is 13.8 Å². The summed E-state index contributed by atoms with van der Waals surface area (Å²) >= 11 is 0.